The fourth-order valence-electron chi connectivity index (χ4n) is 2.11. The van der Waals surface area contributed by atoms with Gasteiger partial charge in [-0.3, -0.25) is 4.79 Å². The Hall–Kier alpha value is -1.95. The van der Waals surface area contributed by atoms with Crippen LogP contribution in [0.1, 0.15) is 42.1 Å². The van der Waals surface area contributed by atoms with E-state index in [0.717, 1.165) is 18.5 Å². The standard InChI is InChI=1S/C16H20FN3OS/c1-4-5-10(2)18-15(21)14-11(3)19-16(22-14)20-13-8-6-12(17)7-9-13/h6-10H,4-5H2,1-3H3,(H,18,21)(H,19,20)/t10-/m0/s1. The Morgan fingerprint density at radius 1 is 1.36 bits per heavy atom. The summed E-state index contributed by atoms with van der Waals surface area (Å²) < 4.78 is 12.9. The predicted octanol–water partition coefficient (Wildman–Crippen LogP) is 4.25. The molecule has 1 aromatic carbocycles. The molecule has 6 heteroatoms. The second kappa shape index (κ2) is 7.35. The van der Waals surface area contributed by atoms with Crippen molar-refractivity contribution < 1.29 is 9.18 Å². The highest BCUT2D eigenvalue weighted by molar-refractivity contribution is 7.17. The van der Waals surface area contributed by atoms with Crippen molar-refractivity contribution in [1.82, 2.24) is 10.3 Å². The van der Waals surface area contributed by atoms with E-state index in [0.29, 0.717) is 15.7 Å². The summed E-state index contributed by atoms with van der Waals surface area (Å²) in [5, 5.41) is 6.69. The van der Waals surface area contributed by atoms with Crippen LogP contribution in [0.3, 0.4) is 0 Å². The molecule has 0 saturated carbocycles. The van der Waals surface area contributed by atoms with Gasteiger partial charge in [-0.25, -0.2) is 9.37 Å². The minimum absolute atomic E-state index is 0.0943. The number of aryl methyl sites for hydroxylation is 1. The molecule has 0 aliphatic carbocycles. The van der Waals surface area contributed by atoms with Crippen molar-refractivity contribution in [3.8, 4) is 0 Å². The number of amides is 1. The molecule has 22 heavy (non-hydrogen) atoms. The van der Waals surface area contributed by atoms with E-state index < -0.39 is 0 Å². The summed E-state index contributed by atoms with van der Waals surface area (Å²) in [7, 11) is 0. The minimum atomic E-state index is -0.286. The first-order chi connectivity index (χ1) is 10.5. The van der Waals surface area contributed by atoms with E-state index in [1.807, 2.05) is 13.8 Å². The molecular formula is C16H20FN3OS. The normalized spacial score (nSPS) is 12.0. The number of aromatic nitrogens is 1. The van der Waals surface area contributed by atoms with Gasteiger partial charge in [0, 0.05) is 11.7 Å². The quantitative estimate of drug-likeness (QED) is 0.836. The van der Waals surface area contributed by atoms with Gasteiger partial charge in [0.25, 0.3) is 5.91 Å². The third-order valence-electron chi connectivity index (χ3n) is 3.20. The number of thiazole rings is 1. The maximum atomic E-state index is 12.9. The first kappa shape index (κ1) is 16.4. The molecule has 1 amide bonds. The SMILES string of the molecule is CCC[C@H](C)NC(=O)c1sc(Nc2ccc(F)cc2)nc1C. The van der Waals surface area contributed by atoms with Gasteiger partial charge in [0.15, 0.2) is 5.13 Å². The molecule has 0 bridgehead atoms. The van der Waals surface area contributed by atoms with E-state index in [4.69, 9.17) is 0 Å². The molecule has 1 aromatic heterocycles. The Balaban J connectivity index is 2.07. The zero-order chi connectivity index (χ0) is 16.1. The van der Waals surface area contributed by atoms with E-state index in [-0.39, 0.29) is 17.8 Å². The van der Waals surface area contributed by atoms with Crippen molar-refractivity contribution in [2.75, 3.05) is 5.32 Å². The van der Waals surface area contributed by atoms with Crippen LogP contribution in [0.4, 0.5) is 15.2 Å². The maximum absolute atomic E-state index is 12.9. The third kappa shape index (κ3) is 4.27. The summed E-state index contributed by atoms with van der Waals surface area (Å²) in [6.07, 6.45) is 1.98. The zero-order valence-corrected chi connectivity index (χ0v) is 13.8. The van der Waals surface area contributed by atoms with Gasteiger partial charge >= 0.3 is 0 Å². The molecule has 2 N–H and O–H groups in total. The first-order valence-electron chi connectivity index (χ1n) is 7.30. The van der Waals surface area contributed by atoms with Crippen LogP contribution >= 0.6 is 11.3 Å². The fraction of sp³-hybridized carbons (Fsp3) is 0.375. The van der Waals surface area contributed by atoms with Crippen molar-refractivity contribution in [3.63, 3.8) is 0 Å². The van der Waals surface area contributed by atoms with E-state index in [9.17, 15) is 9.18 Å². The number of carbonyl (C=O) groups excluding carboxylic acids is 1. The zero-order valence-electron chi connectivity index (χ0n) is 12.9. The van der Waals surface area contributed by atoms with Gasteiger partial charge in [-0.2, -0.15) is 0 Å². The predicted molar refractivity (Wildman–Crippen MR) is 88.4 cm³/mol. The first-order valence-corrected chi connectivity index (χ1v) is 8.12. The van der Waals surface area contributed by atoms with Crippen LogP contribution in [-0.4, -0.2) is 16.9 Å². The van der Waals surface area contributed by atoms with Crippen molar-refractivity contribution in [3.05, 3.63) is 40.7 Å². The monoisotopic (exact) mass is 321 g/mol. The van der Waals surface area contributed by atoms with Crippen LogP contribution in [0.25, 0.3) is 0 Å². The number of halogens is 1. The topological polar surface area (TPSA) is 54.0 Å². The molecule has 2 aromatic rings. The van der Waals surface area contributed by atoms with Gasteiger partial charge in [0.2, 0.25) is 0 Å². The number of nitrogens with zero attached hydrogens (tertiary/aromatic N) is 1. The van der Waals surface area contributed by atoms with Crippen LogP contribution in [0, 0.1) is 12.7 Å². The number of hydrogen-bond acceptors (Lipinski definition) is 4. The van der Waals surface area contributed by atoms with E-state index in [2.05, 4.69) is 22.5 Å². The number of hydrogen-bond donors (Lipinski definition) is 2. The Morgan fingerprint density at radius 2 is 2.05 bits per heavy atom. The second-order valence-electron chi connectivity index (χ2n) is 5.23. The Labute approximate surface area is 133 Å². The highest BCUT2D eigenvalue weighted by atomic mass is 32.1. The summed E-state index contributed by atoms with van der Waals surface area (Å²) >= 11 is 1.30. The van der Waals surface area contributed by atoms with Gasteiger partial charge in [-0.1, -0.05) is 24.7 Å². The molecule has 0 saturated heterocycles. The van der Waals surface area contributed by atoms with Gasteiger partial charge in [-0.15, -0.1) is 0 Å². The summed E-state index contributed by atoms with van der Waals surface area (Å²) in [5.41, 5.74) is 1.43. The van der Waals surface area contributed by atoms with Crippen LogP contribution in [0.2, 0.25) is 0 Å². The Kier molecular flexibility index (Phi) is 5.49. The van der Waals surface area contributed by atoms with Gasteiger partial charge in [-0.05, 0) is 44.5 Å². The molecule has 2 rings (SSSR count). The lowest BCUT2D eigenvalue weighted by Gasteiger charge is -2.11. The largest absolute Gasteiger partial charge is 0.349 e. The van der Waals surface area contributed by atoms with E-state index in [1.165, 1.54) is 23.5 Å². The van der Waals surface area contributed by atoms with Crippen molar-refractivity contribution in [1.29, 1.82) is 0 Å². The molecule has 0 unspecified atom stereocenters. The van der Waals surface area contributed by atoms with Gasteiger partial charge in [0.1, 0.15) is 10.7 Å². The van der Waals surface area contributed by atoms with Crippen LogP contribution in [-0.2, 0) is 0 Å². The van der Waals surface area contributed by atoms with Crippen molar-refractivity contribution >= 4 is 28.1 Å². The molecule has 4 nitrogen and oxygen atoms in total. The minimum Gasteiger partial charge on any atom is -0.349 e. The van der Waals surface area contributed by atoms with Crippen LogP contribution in [0.5, 0.6) is 0 Å². The van der Waals surface area contributed by atoms with Crippen LogP contribution in [0.15, 0.2) is 24.3 Å². The van der Waals surface area contributed by atoms with Gasteiger partial charge in [0.05, 0.1) is 5.69 Å². The number of anilines is 2. The molecule has 0 aliphatic heterocycles. The lowest BCUT2D eigenvalue weighted by Crippen LogP contribution is -2.32. The summed E-state index contributed by atoms with van der Waals surface area (Å²) in [6, 6.07) is 6.17. The van der Waals surface area contributed by atoms with Crippen molar-refractivity contribution in [2.45, 2.75) is 39.7 Å². The average Bonchev–Trinajstić information content (AvgIpc) is 2.82. The molecule has 1 atom stereocenters. The Morgan fingerprint density at radius 3 is 2.68 bits per heavy atom. The number of carbonyl (C=O) groups is 1. The number of nitrogens with one attached hydrogen (secondary N) is 2. The molecule has 1 heterocycles. The number of benzene rings is 1. The Bertz CT molecular complexity index is 639. The number of rotatable bonds is 6. The highest BCUT2D eigenvalue weighted by Crippen LogP contribution is 2.26. The second-order valence-corrected chi connectivity index (χ2v) is 6.23. The average molecular weight is 321 g/mol. The molecule has 0 aliphatic rings. The lowest BCUT2D eigenvalue weighted by molar-refractivity contribution is 0.0941. The van der Waals surface area contributed by atoms with Crippen LogP contribution < -0.4 is 10.6 Å². The molecular weight excluding hydrogens is 301 g/mol. The molecule has 118 valence electrons. The summed E-state index contributed by atoms with van der Waals surface area (Å²) in [6.45, 7) is 5.90. The fourth-order valence-corrected chi connectivity index (χ4v) is 3.00. The summed E-state index contributed by atoms with van der Waals surface area (Å²) in [4.78, 5) is 17.2. The highest BCUT2D eigenvalue weighted by Gasteiger charge is 2.17. The molecule has 0 spiro atoms. The molecule has 0 fully saturated rings. The third-order valence-corrected chi connectivity index (χ3v) is 4.27. The molecule has 0 radical (unpaired) electrons. The van der Waals surface area contributed by atoms with Gasteiger partial charge < -0.3 is 10.6 Å². The van der Waals surface area contributed by atoms with E-state index in [1.54, 1.807) is 12.1 Å². The maximum Gasteiger partial charge on any atom is 0.263 e. The van der Waals surface area contributed by atoms with Crippen molar-refractivity contribution in [2.24, 2.45) is 0 Å². The summed E-state index contributed by atoms with van der Waals surface area (Å²) in [5.74, 6) is -0.381. The lowest BCUT2D eigenvalue weighted by atomic mass is 10.2. The van der Waals surface area contributed by atoms with E-state index >= 15 is 0 Å². The smallest absolute Gasteiger partial charge is 0.263 e.